The van der Waals surface area contributed by atoms with Crippen LogP contribution in [0.5, 0.6) is 0 Å². The number of benzene rings is 2. The highest BCUT2D eigenvalue weighted by Crippen LogP contribution is 2.40. The van der Waals surface area contributed by atoms with Gasteiger partial charge in [-0.3, -0.25) is 10.1 Å². The molecule has 0 spiro atoms. The van der Waals surface area contributed by atoms with Gasteiger partial charge < -0.3 is 19.5 Å². The van der Waals surface area contributed by atoms with Crippen molar-refractivity contribution >= 4 is 23.7 Å². The number of hydrogen-bond donors (Lipinski definition) is 1. The average molecular weight is 496 g/mol. The summed E-state index contributed by atoms with van der Waals surface area (Å²) in [7, 11) is -2.65. The summed E-state index contributed by atoms with van der Waals surface area (Å²) in [6.45, 7) is 2.45. The normalized spacial score (nSPS) is 17.2. The number of carbonyl (C=O) groups is 2. The molecule has 0 bridgehead atoms. The number of rotatable bonds is 10. The van der Waals surface area contributed by atoms with E-state index in [1.165, 1.54) is 18.2 Å². The molecule has 188 valence electrons. The van der Waals surface area contributed by atoms with Crippen LogP contribution in [0.2, 0.25) is 0 Å². The van der Waals surface area contributed by atoms with E-state index in [-0.39, 0.29) is 36.7 Å². The highest BCUT2D eigenvalue weighted by Gasteiger charge is 2.38. The van der Waals surface area contributed by atoms with Gasteiger partial charge in [0.2, 0.25) is 0 Å². The van der Waals surface area contributed by atoms with E-state index in [0.717, 1.165) is 5.56 Å². The minimum atomic E-state index is -2.65. The summed E-state index contributed by atoms with van der Waals surface area (Å²) in [5.41, 5.74) is 1.89. The first-order valence-electron chi connectivity index (χ1n) is 12.6. The van der Waals surface area contributed by atoms with E-state index in [4.69, 9.17) is 13.6 Å². The molecule has 0 aliphatic carbocycles. The smallest absolute Gasteiger partial charge is 0.337 e. The van der Waals surface area contributed by atoms with E-state index >= 15 is 0 Å². The van der Waals surface area contributed by atoms with Crippen LogP contribution in [0.15, 0.2) is 83.2 Å². The van der Waals surface area contributed by atoms with Gasteiger partial charge in [-0.05, 0) is 31.1 Å². The topological polar surface area (TPSA) is 117 Å². The fraction of sp³-hybridized carbons (Fsp3) is 0.259. The molecule has 1 unspecified atom stereocenters. The van der Waals surface area contributed by atoms with Crippen molar-refractivity contribution < 1.29 is 32.8 Å². The third kappa shape index (κ3) is 6.45. The molecule has 36 heavy (non-hydrogen) atoms. The first-order valence-corrected chi connectivity index (χ1v) is 11.1. The first kappa shape index (κ1) is 22.2. The highest BCUT2D eigenvalue weighted by molar-refractivity contribution is 6.00. The number of nitrogens with one attached hydrogen (secondary N) is 1. The Morgan fingerprint density at radius 1 is 1.03 bits per heavy atom. The van der Waals surface area contributed by atoms with Gasteiger partial charge in [0, 0.05) is 30.6 Å². The molecule has 0 amide bonds. The van der Waals surface area contributed by atoms with Crippen LogP contribution in [0, 0.1) is 10.1 Å². The fourth-order valence-corrected chi connectivity index (χ4v) is 3.89. The average Bonchev–Trinajstić information content (AvgIpc) is 2.88. The van der Waals surface area contributed by atoms with Crippen LogP contribution in [-0.4, -0.2) is 43.7 Å². The number of esters is 2. The number of nitro groups is 1. The summed E-state index contributed by atoms with van der Waals surface area (Å²) in [4.78, 5) is 37.4. The minimum Gasteiger partial charge on any atom is -0.460 e. The van der Waals surface area contributed by atoms with Gasteiger partial charge in [-0.15, -0.1) is 0 Å². The zero-order valence-corrected chi connectivity index (χ0v) is 19.9. The van der Waals surface area contributed by atoms with E-state index in [1.807, 2.05) is 30.3 Å². The second-order valence-corrected chi connectivity index (χ2v) is 7.88. The van der Waals surface area contributed by atoms with Gasteiger partial charge in [-0.2, -0.15) is 0 Å². The van der Waals surface area contributed by atoms with E-state index in [0.29, 0.717) is 17.0 Å². The molecule has 1 heterocycles. The van der Waals surface area contributed by atoms with Crippen LogP contribution in [0.4, 0.5) is 5.69 Å². The molecule has 1 atom stereocenters. The Hall–Kier alpha value is -4.24. The maximum atomic E-state index is 13.3. The molecule has 1 aliphatic heterocycles. The number of allylic oxidation sites excluding steroid dienone is 2. The van der Waals surface area contributed by atoms with Crippen LogP contribution in [-0.2, 0) is 23.8 Å². The predicted octanol–water partition coefficient (Wildman–Crippen LogP) is 4.28. The summed E-state index contributed by atoms with van der Waals surface area (Å²) >= 11 is 0. The molecule has 2 aromatic rings. The molecule has 0 aromatic heterocycles. The van der Waals surface area contributed by atoms with Gasteiger partial charge in [0.25, 0.3) is 5.69 Å². The number of methoxy groups -OCH3 is 1. The Bertz CT molecular complexity index is 1320. The highest BCUT2D eigenvalue weighted by atomic mass is 16.6. The van der Waals surface area contributed by atoms with Gasteiger partial charge in [0.05, 0.1) is 32.7 Å². The summed E-state index contributed by atoms with van der Waals surface area (Å²) < 4.78 is 36.7. The number of ether oxygens (including phenoxy) is 3. The summed E-state index contributed by atoms with van der Waals surface area (Å²) in [5, 5.41) is 14.5. The molecule has 1 N–H and O–H groups in total. The lowest BCUT2D eigenvalue weighted by Gasteiger charge is -2.30. The van der Waals surface area contributed by atoms with Crippen molar-refractivity contribution in [2.75, 3.05) is 26.9 Å². The quantitative estimate of drug-likeness (QED) is 0.225. The van der Waals surface area contributed by atoms with Crippen molar-refractivity contribution in [3.8, 4) is 0 Å². The maximum absolute atomic E-state index is 13.3. The lowest BCUT2D eigenvalue weighted by Crippen LogP contribution is -2.32. The van der Waals surface area contributed by atoms with Crippen molar-refractivity contribution in [3.63, 3.8) is 0 Å². The third-order valence-corrected chi connectivity index (χ3v) is 5.45. The van der Waals surface area contributed by atoms with E-state index in [1.54, 1.807) is 32.1 Å². The van der Waals surface area contributed by atoms with Crippen LogP contribution in [0.1, 0.15) is 35.0 Å². The van der Waals surface area contributed by atoms with Crippen molar-refractivity contribution in [2.45, 2.75) is 19.8 Å². The van der Waals surface area contributed by atoms with Gasteiger partial charge in [0.1, 0.15) is 13.2 Å². The lowest BCUT2D eigenvalue weighted by molar-refractivity contribution is -0.384. The molecular weight excluding hydrogens is 464 g/mol. The molecule has 2 aromatic carbocycles. The summed E-state index contributed by atoms with van der Waals surface area (Å²) in [5.74, 6) is -2.61. The minimum absolute atomic E-state index is 0.0294. The number of dihydropyridines is 1. The molecule has 1 aliphatic rings. The molecule has 0 fully saturated rings. The zero-order valence-electron chi connectivity index (χ0n) is 22.9. The Morgan fingerprint density at radius 2 is 1.72 bits per heavy atom. The predicted molar refractivity (Wildman–Crippen MR) is 134 cm³/mol. The molecular formula is C27H28N2O7. The fourth-order valence-electron chi connectivity index (χ4n) is 3.89. The maximum Gasteiger partial charge on any atom is 0.337 e. The molecule has 0 saturated heterocycles. The van der Waals surface area contributed by atoms with Gasteiger partial charge >= 0.3 is 11.9 Å². The van der Waals surface area contributed by atoms with Crippen LogP contribution >= 0.6 is 0 Å². The van der Waals surface area contributed by atoms with Crippen molar-refractivity contribution in [1.82, 2.24) is 5.32 Å². The monoisotopic (exact) mass is 495 g/mol. The zero-order chi connectivity index (χ0) is 28.6. The number of nitro benzene ring substituents is 1. The Balaban J connectivity index is 1.90. The van der Waals surface area contributed by atoms with E-state index < -0.39 is 29.8 Å². The molecule has 3 rings (SSSR count). The number of hydrogen-bond acceptors (Lipinski definition) is 8. The van der Waals surface area contributed by atoms with E-state index in [9.17, 15) is 19.7 Å². The second kappa shape index (κ2) is 12.5. The van der Waals surface area contributed by atoms with E-state index in [2.05, 4.69) is 10.1 Å². The Morgan fingerprint density at radius 3 is 2.39 bits per heavy atom. The van der Waals surface area contributed by atoms with Crippen LogP contribution in [0.3, 0.4) is 0 Å². The second-order valence-electron chi connectivity index (χ2n) is 7.88. The number of non-ortho nitro benzene ring substituents is 1. The first-order chi connectivity index (χ1) is 18.5. The lowest BCUT2D eigenvalue weighted by atomic mass is 9.80. The van der Waals surface area contributed by atoms with Crippen molar-refractivity contribution in [3.05, 3.63) is 104 Å². The van der Waals surface area contributed by atoms with Crippen molar-refractivity contribution in [1.29, 1.82) is 0 Å². The molecule has 0 saturated carbocycles. The molecule has 0 radical (unpaired) electrons. The largest absolute Gasteiger partial charge is 0.460 e. The van der Waals surface area contributed by atoms with Gasteiger partial charge in [-0.25, -0.2) is 9.59 Å². The molecule has 9 nitrogen and oxygen atoms in total. The van der Waals surface area contributed by atoms with Crippen LogP contribution < -0.4 is 5.32 Å². The summed E-state index contributed by atoms with van der Waals surface area (Å²) in [6, 6.07) is 15.0. The standard InChI is InChI=1S/C27H28N2O7/c1-18-23(26(30)35-14-8-11-20-9-5-4-6-10-20)25(21-12-7-13-22(17-21)29(32)33)24(19(2)28-18)27(31)36-16-15-34-3/h4-13,17,25,28H,14-16H2,1-3H3/b11-8+/i3D3. The summed E-state index contributed by atoms with van der Waals surface area (Å²) in [6.07, 6.45) is 3.46. The molecule has 9 heteroatoms. The third-order valence-electron chi connectivity index (χ3n) is 5.45. The SMILES string of the molecule is [2H]C([2H])([2H])OCCOC(=O)C1=C(C)NC(C)=C(C(=O)OC/C=C/c2ccccc2)C1c1cccc([N+](=O)[O-])c1. The Kier molecular flexibility index (Phi) is 7.70. The van der Waals surface area contributed by atoms with Gasteiger partial charge in [0.15, 0.2) is 0 Å². The Labute approximate surface area is 213 Å². The number of carbonyl (C=O) groups excluding carboxylic acids is 2. The van der Waals surface area contributed by atoms with Gasteiger partial charge in [-0.1, -0.05) is 48.5 Å². The number of nitrogens with zero attached hydrogens (tertiary/aromatic N) is 1. The van der Waals surface area contributed by atoms with Crippen LogP contribution in [0.25, 0.3) is 6.08 Å². The van der Waals surface area contributed by atoms with Crippen molar-refractivity contribution in [2.24, 2.45) is 0 Å².